The van der Waals surface area contributed by atoms with Crippen LogP contribution in [0.25, 0.3) is 17.1 Å². The maximum atomic E-state index is 14.1. The zero-order valence-corrected chi connectivity index (χ0v) is 18.5. The van der Waals surface area contributed by atoms with Crippen LogP contribution in [0.5, 0.6) is 0 Å². The van der Waals surface area contributed by atoms with Crippen molar-refractivity contribution in [1.29, 1.82) is 0 Å². The molecule has 0 atom stereocenters. The first-order valence-electron chi connectivity index (χ1n) is 10.0. The van der Waals surface area contributed by atoms with Gasteiger partial charge in [0, 0.05) is 22.6 Å². The lowest BCUT2D eigenvalue weighted by Crippen LogP contribution is -2.10. The Morgan fingerprint density at radius 3 is 2.06 bits per heavy atom. The molecule has 158 valence electrons. The quantitative estimate of drug-likeness (QED) is 0.323. The van der Waals surface area contributed by atoms with Gasteiger partial charge in [0.15, 0.2) is 11.0 Å². The van der Waals surface area contributed by atoms with Gasteiger partial charge in [-0.2, -0.15) is 0 Å². The summed E-state index contributed by atoms with van der Waals surface area (Å²) in [4.78, 5) is 0. The van der Waals surface area contributed by atoms with Crippen LogP contribution in [0.4, 0.5) is 8.78 Å². The molecule has 1 aromatic heterocycles. The maximum absolute atomic E-state index is 14.1. The van der Waals surface area contributed by atoms with Crippen LogP contribution in [0.15, 0.2) is 78.0 Å². The van der Waals surface area contributed by atoms with Crippen LogP contribution >= 0.6 is 11.8 Å². The molecule has 1 heterocycles. The van der Waals surface area contributed by atoms with E-state index >= 15 is 0 Å². The molecule has 3 aromatic carbocycles. The summed E-state index contributed by atoms with van der Waals surface area (Å²) in [5, 5.41) is 9.33. The van der Waals surface area contributed by atoms with Crippen LogP contribution in [-0.2, 0) is 11.2 Å². The van der Waals surface area contributed by atoms with Gasteiger partial charge in [0.05, 0.1) is 0 Å². The fourth-order valence-electron chi connectivity index (χ4n) is 3.29. The smallest absolute Gasteiger partial charge is 0.196 e. The Balaban J connectivity index is 1.73. The highest BCUT2D eigenvalue weighted by Gasteiger charge is 2.19. The van der Waals surface area contributed by atoms with Crippen molar-refractivity contribution in [2.45, 2.75) is 37.1 Å². The van der Waals surface area contributed by atoms with Gasteiger partial charge in [-0.1, -0.05) is 81.1 Å². The molecule has 4 rings (SSSR count). The number of nitrogens with zero attached hydrogens (tertiary/aromatic N) is 3. The Kier molecular flexibility index (Phi) is 5.92. The molecule has 0 amide bonds. The molecular weight excluding hydrogens is 412 g/mol. The molecule has 0 aliphatic carbocycles. The minimum atomic E-state index is -0.559. The number of thioether (sulfide) groups is 1. The van der Waals surface area contributed by atoms with Crippen molar-refractivity contribution < 1.29 is 8.78 Å². The minimum absolute atomic E-state index is 0.0335. The van der Waals surface area contributed by atoms with E-state index in [-0.39, 0.29) is 16.7 Å². The molecule has 0 saturated heterocycles. The number of rotatable bonds is 5. The second-order valence-corrected chi connectivity index (χ2v) is 9.24. The van der Waals surface area contributed by atoms with Gasteiger partial charge >= 0.3 is 0 Å². The van der Waals surface area contributed by atoms with Gasteiger partial charge in [-0.15, -0.1) is 10.2 Å². The molecule has 0 aliphatic heterocycles. The molecule has 0 fully saturated rings. The molecule has 0 bridgehead atoms. The average Bonchev–Trinajstić information content (AvgIpc) is 3.17. The molecule has 4 aromatic rings. The number of benzene rings is 3. The van der Waals surface area contributed by atoms with Crippen molar-refractivity contribution in [2.75, 3.05) is 0 Å². The molecule has 6 heteroatoms. The van der Waals surface area contributed by atoms with E-state index in [0.717, 1.165) is 11.3 Å². The van der Waals surface area contributed by atoms with Crippen LogP contribution in [0.1, 0.15) is 31.9 Å². The van der Waals surface area contributed by atoms with Crippen molar-refractivity contribution in [2.24, 2.45) is 0 Å². The first kappa shape index (κ1) is 21.2. The van der Waals surface area contributed by atoms with Crippen molar-refractivity contribution in [1.82, 2.24) is 14.8 Å². The zero-order valence-electron chi connectivity index (χ0n) is 17.6. The third kappa shape index (κ3) is 4.54. The lowest BCUT2D eigenvalue weighted by molar-refractivity contribution is 0.566. The van der Waals surface area contributed by atoms with Crippen molar-refractivity contribution in [3.63, 3.8) is 0 Å². The Bertz CT molecular complexity index is 1160. The number of halogens is 2. The van der Waals surface area contributed by atoms with Crippen molar-refractivity contribution >= 4 is 11.8 Å². The first-order valence-corrected chi connectivity index (χ1v) is 11.0. The van der Waals surface area contributed by atoms with Crippen molar-refractivity contribution in [3.8, 4) is 17.1 Å². The van der Waals surface area contributed by atoms with E-state index in [9.17, 15) is 8.78 Å². The largest absolute Gasteiger partial charge is 0.270 e. The minimum Gasteiger partial charge on any atom is -0.270 e. The SMILES string of the molecule is CC(C)(C)c1ccc(-c2nnc(SCc3c(F)cccc3F)n2-c2ccccc2)cc1. The van der Waals surface area contributed by atoms with Crippen LogP contribution in [0.3, 0.4) is 0 Å². The summed E-state index contributed by atoms with van der Waals surface area (Å²) >= 11 is 1.26. The highest BCUT2D eigenvalue weighted by atomic mass is 32.2. The first-order chi connectivity index (χ1) is 14.8. The number of hydrogen-bond donors (Lipinski definition) is 0. The number of hydrogen-bond acceptors (Lipinski definition) is 3. The topological polar surface area (TPSA) is 30.7 Å². The second-order valence-electron chi connectivity index (χ2n) is 8.29. The summed E-state index contributed by atoms with van der Waals surface area (Å²) in [6, 6.07) is 21.9. The highest BCUT2D eigenvalue weighted by molar-refractivity contribution is 7.98. The summed E-state index contributed by atoms with van der Waals surface area (Å²) in [6.07, 6.45) is 0. The highest BCUT2D eigenvalue weighted by Crippen LogP contribution is 2.32. The lowest BCUT2D eigenvalue weighted by Gasteiger charge is -2.19. The van der Waals surface area contributed by atoms with E-state index < -0.39 is 11.6 Å². The van der Waals surface area contributed by atoms with E-state index in [2.05, 4.69) is 43.1 Å². The van der Waals surface area contributed by atoms with Crippen LogP contribution in [0.2, 0.25) is 0 Å². The lowest BCUT2D eigenvalue weighted by atomic mass is 9.87. The standard InChI is InChI=1S/C25H23F2N3S/c1-25(2,3)18-14-12-17(13-15-18)23-28-29-24(30(23)19-8-5-4-6-9-19)31-16-20-21(26)10-7-11-22(20)27/h4-15H,16H2,1-3H3. The molecule has 0 radical (unpaired) electrons. The summed E-state index contributed by atoms with van der Waals surface area (Å²) in [7, 11) is 0. The molecular formula is C25H23F2N3S. The van der Waals surface area contributed by atoms with Crippen LogP contribution < -0.4 is 0 Å². The summed E-state index contributed by atoms with van der Waals surface area (Å²) in [6.45, 7) is 6.52. The predicted octanol–water partition coefficient (Wildman–Crippen LogP) is 6.80. The number of para-hydroxylation sites is 1. The molecule has 0 aliphatic rings. The van der Waals surface area contributed by atoms with Gasteiger partial charge in [-0.25, -0.2) is 8.78 Å². The summed E-state index contributed by atoms with van der Waals surface area (Å²) < 4.78 is 30.1. The molecule has 0 spiro atoms. The Morgan fingerprint density at radius 1 is 0.806 bits per heavy atom. The van der Waals surface area contributed by atoms with Crippen LogP contribution in [0, 0.1) is 11.6 Å². The Labute approximate surface area is 185 Å². The summed E-state index contributed by atoms with van der Waals surface area (Å²) in [5.41, 5.74) is 3.13. The Hall–Kier alpha value is -2.99. The van der Waals surface area contributed by atoms with E-state index in [1.807, 2.05) is 47.0 Å². The van der Waals surface area contributed by atoms with Gasteiger partial charge in [0.25, 0.3) is 0 Å². The second kappa shape index (κ2) is 8.63. The summed E-state index contributed by atoms with van der Waals surface area (Å²) in [5.74, 6) is -0.317. The number of aromatic nitrogens is 3. The van der Waals surface area contributed by atoms with E-state index in [0.29, 0.717) is 11.0 Å². The van der Waals surface area contributed by atoms with E-state index in [1.54, 1.807) is 0 Å². The molecule has 0 saturated carbocycles. The normalized spacial score (nSPS) is 11.6. The molecule has 3 nitrogen and oxygen atoms in total. The van der Waals surface area contributed by atoms with Gasteiger partial charge in [0.1, 0.15) is 11.6 Å². The molecule has 0 N–H and O–H groups in total. The van der Waals surface area contributed by atoms with Gasteiger partial charge in [-0.05, 0) is 35.2 Å². The van der Waals surface area contributed by atoms with E-state index in [4.69, 9.17) is 0 Å². The predicted molar refractivity (Wildman–Crippen MR) is 121 cm³/mol. The third-order valence-corrected chi connectivity index (χ3v) is 6.02. The monoisotopic (exact) mass is 435 g/mol. The van der Waals surface area contributed by atoms with E-state index in [1.165, 1.54) is 35.5 Å². The molecule has 0 unspecified atom stereocenters. The fourth-order valence-corrected chi connectivity index (χ4v) is 4.26. The fraction of sp³-hybridized carbons (Fsp3) is 0.200. The van der Waals surface area contributed by atoms with Gasteiger partial charge in [0.2, 0.25) is 0 Å². The van der Waals surface area contributed by atoms with Crippen LogP contribution in [-0.4, -0.2) is 14.8 Å². The zero-order chi connectivity index (χ0) is 22.0. The molecule has 31 heavy (non-hydrogen) atoms. The van der Waals surface area contributed by atoms with Gasteiger partial charge < -0.3 is 0 Å². The Morgan fingerprint density at radius 2 is 1.45 bits per heavy atom. The average molecular weight is 436 g/mol. The third-order valence-electron chi connectivity index (χ3n) is 5.06. The van der Waals surface area contributed by atoms with Gasteiger partial charge in [-0.3, -0.25) is 4.57 Å². The maximum Gasteiger partial charge on any atom is 0.196 e. The van der Waals surface area contributed by atoms with Crippen molar-refractivity contribution in [3.05, 3.63) is 95.6 Å².